The molecule has 0 spiro atoms. The van der Waals surface area contributed by atoms with E-state index in [4.69, 9.17) is 16.3 Å². The Morgan fingerprint density at radius 3 is 2.62 bits per heavy atom. The molecule has 114 valence electrons. The third kappa shape index (κ3) is 3.13. The van der Waals surface area contributed by atoms with Crippen molar-refractivity contribution in [1.82, 2.24) is 5.32 Å². The molecule has 1 saturated carbocycles. The predicted octanol–water partition coefficient (Wildman–Crippen LogP) is 3.99. The molecule has 3 aliphatic rings. The zero-order valence-electron chi connectivity index (χ0n) is 12.4. The van der Waals surface area contributed by atoms with Crippen LogP contribution in [-0.2, 0) is 4.74 Å². The van der Waals surface area contributed by atoms with Crippen molar-refractivity contribution in [1.29, 1.82) is 0 Å². The summed E-state index contributed by atoms with van der Waals surface area (Å²) in [5.74, 6) is 2.09. The largest absolute Gasteiger partial charge is 0.381 e. The van der Waals surface area contributed by atoms with Crippen molar-refractivity contribution in [2.75, 3.05) is 13.2 Å². The molecule has 3 fully saturated rings. The second-order valence-electron chi connectivity index (χ2n) is 7.09. The fourth-order valence-corrected chi connectivity index (χ4v) is 4.24. The van der Waals surface area contributed by atoms with Crippen LogP contribution in [-0.4, -0.2) is 25.3 Å². The van der Waals surface area contributed by atoms with Crippen LogP contribution in [0.15, 0.2) is 24.3 Å². The number of ether oxygens (including phenoxy) is 1. The van der Waals surface area contributed by atoms with E-state index in [1.54, 1.807) is 0 Å². The third-order valence-electron chi connectivity index (χ3n) is 5.51. The van der Waals surface area contributed by atoms with E-state index in [0.717, 1.165) is 24.2 Å². The van der Waals surface area contributed by atoms with Crippen LogP contribution in [0.5, 0.6) is 0 Å². The average Bonchev–Trinajstić information content (AvgIpc) is 3.24. The highest BCUT2D eigenvalue weighted by molar-refractivity contribution is 6.30. The van der Waals surface area contributed by atoms with Gasteiger partial charge < -0.3 is 10.1 Å². The number of halogens is 1. The lowest BCUT2D eigenvalue weighted by Gasteiger charge is -2.38. The van der Waals surface area contributed by atoms with E-state index < -0.39 is 0 Å². The lowest BCUT2D eigenvalue weighted by Crippen LogP contribution is -2.46. The fourth-order valence-electron chi connectivity index (χ4n) is 4.12. The quantitative estimate of drug-likeness (QED) is 0.888. The minimum atomic E-state index is 0.615. The van der Waals surface area contributed by atoms with Gasteiger partial charge in [0.15, 0.2) is 0 Å². The van der Waals surface area contributed by atoms with Gasteiger partial charge in [0, 0.05) is 29.6 Å². The first-order chi connectivity index (χ1) is 10.3. The van der Waals surface area contributed by atoms with Crippen LogP contribution in [0, 0.1) is 11.8 Å². The van der Waals surface area contributed by atoms with Gasteiger partial charge in [0.1, 0.15) is 0 Å². The topological polar surface area (TPSA) is 21.3 Å². The van der Waals surface area contributed by atoms with E-state index in [1.807, 2.05) is 12.1 Å². The van der Waals surface area contributed by atoms with Crippen LogP contribution in [0.25, 0.3) is 0 Å². The van der Waals surface area contributed by atoms with Gasteiger partial charge in [-0.15, -0.1) is 0 Å². The summed E-state index contributed by atoms with van der Waals surface area (Å²) in [5.41, 5.74) is 1.44. The van der Waals surface area contributed by atoms with Crippen molar-refractivity contribution in [3.05, 3.63) is 34.9 Å². The van der Waals surface area contributed by atoms with Crippen LogP contribution in [0.3, 0.4) is 0 Å². The van der Waals surface area contributed by atoms with Crippen molar-refractivity contribution < 1.29 is 4.74 Å². The van der Waals surface area contributed by atoms with Gasteiger partial charge in [0.05, 0.1) is 6.61 Å². The first kappa shape index (κ1) is 14.0. The first-order valence-corrected chi connectivity index (χ1v) is 8.76. The maximum Gasteiger partial charge on any atom is 0.0515 e. The Balaban J connectivity index is 1.48. The molecule has 1 aliphatic carbocycles. The van der Waals surface area contributed by atoms with Gasteiger partial charge in [0.25, 0.3) is 0 Å². The summed E-state index contributed by atoms with van der Waals surface area (Å²) in [7, 11) is 0. The zero-order valence-corrected chi connectivity index (χ0v) is 13.2. The first-order valence-electron chi connectivity index (χ1n) is 8.39. The second-order valence-corrected chi connectivity index (χ2v) is 7.52. The molecule has 1 aromatic rings. The summed E-state index contributed by atoms with van der Waals surface area (Å²) in [6.07, 6.45) is 6.62. The van der Waals surface area contributed by atoms with Crippen molar-refractivity contribution in [3.63, 3.8) is 0 Å². The molecule has 2 nitrogen and oxygen atoms in total. The zero-order chi connectivity index (χ0) is 14.2. The number of hydrogen-bond acceptors (Lipinski definition) is 2. The molecule has 4 rings (SSSR count). The number of piperidine rings is 1. The molecular formula is C18H24ClNO. The number of fused-ring (bicyclic) bond motifs is 2. The summed E-state index contributed by atoms with van der Waals surface area (Å²) in [6, 6.07) is 9.84. The van der Waals surface area contributed by atoms with Crippen LogP contribution >= 0.6 is 11.6 Å². The average molecular weight is 306 g/mol. The van der Waals surface area contributed by atoms with E-state index in [0.29, 0.717) is 23.9 Å². The van der Waals surface area contributed by atoms with Gasteiger partial charge in [-0.05, 0) is 61.6 Å². The second kappa shape index (κ2) is 5.91. The van der Waals surface area contributed by atoms with Gasteiger partial charge in [-0.2, -0.15) is 0 Å². The highest BCUT2D eigenvalue weighted by Crippen LogP contribution is 2.42. The number of hydrogen-bond donors (Lipinski definition) is 1. The molecule has 0 amide bonds. The van der Waals surface area contributed by atoms with Gasteiger partial charge in [-0.1, -0.05) is 23.7 Å². The molecule has 2 heterocycles. The Morgan fingerprint density at radius 2 is 1.86 bits per heavy atom. The fraction of sp³-hybridized carbons (Fsp3) is 0.667. The standard InChI is InChI=1S/C18H24ClNO/c19-14-5-3-13(4-6-14)16-9-15-7-8-18(20-15)17(16)11-21-10-12-1-2-12/h3-6,12,15-18,20H,1-2,7-11H2/t15-,16?,17?,18+/m0/s1. The third-order valence-corrected chi connectivity index (χ3v) is 5.76. The monoisotopic (exact) mass is 305 g/mol. The van der Waals surface area contributed by atoms with Gasteiger partial charge in [-0.25, -0.2) is 0 Å². The predicted molar refractivity (Wildman–Crippen MR) is 85.8 cm³/mol. The Hall–Kier alpha value is -0.570. The van der Waals surface area contributed by atoms with Gasteiger partial charge in [-0.3, -0.25) is 0 Å². The Labute approximate surface area is 132 Å². The maximum absolute atomic E-state index is 6.06. The molecule has 21 heavy (non-hydrogen) atoms. The highest BCUT2D eigenvalue weighted by atomic mass is 35.5. The summed E-state index contributed by atoms with van der Waals surface area (Å²) in [5, 5.41) is 4.63. The van der Waals surface area contributed by atoms with E-state index in [9.17, 15) is 0 Å². The molecule has 2 aliphatic heterocycles. The van der Waals surface area contributed by atoms with Crippen LogP contribution in [0.4, 0.5) is 0 Å². The van der Waals surface area contributed by atoms with Crippen LogP contribution in [0.1, 0.15) is 43.6 Å². The molecular weight excluding hydrogens is 282 g/mol. The maximum atomic E-state index is 6.06. The summed E-state index contributed by atoms with van der Waals surface area (Å²) in [6.45, 7) is 1.88. The minimum Gasteiger partial charge on any atom is -0.381 e. The summed E-state index contributed by atoms with van der Waals surface area (Å²) >= 11 is 6.05. The molecule has 2 saturated heterocycles. The Kier molecular flexibility index (Phi) is 3.95. The van der Waals surface area contributed by atoms with Gasteiger partial charge in [0.2, 0.25) is 0 Å². The SMILES string of the molecule is Clc1ccc(C2C[C@@H]3CC[C@@H](N3)C2COCC2CC2)cc1. The van der Waals surface area contributed by atoms with E-state index >= 15 is 0 Å². The molecule has 3 heteroatoms. The van der Waals surface area contributed by atoms with Crippen molar-refractivity contribution in [3.8, 4) is 0 Å². The van der Waals surface area contributed by atoms with E-state index in [-0.39, 0.29) is 0 Å². The van der Waals surface area contributed by atoms with Crippen LogP contribution < -0.4 is 5.32 Å². The molecule has 0 aromatic heterocycles. The molecule has 2 bridgehead atoms. The normalized spacial score (nSPS) is 35.1. The Morgan fingerprint density at radius 1 is 1.05 bits per heavy atom. The lowest BCUT2D eigenvalue weighted by atomic mass is 9.77. The number of benzene rings is 1. The lowest BCUT2D eigenvalue weighted by molar-refractivity contribution is 0.0586. The van der Waals surface area contributed by atoms with Crippen molar-refractivity contribution >= 4 is 11.6 Å². The molecule has 1 aromatic carbocycles. The Bertz CT molecular complexity index is 484. The van der Waals surface area contributed by atoms with Gasteiger partial charge >= 0.3 is 0 Å². The molecule has 2 unspecified atom stereocenters. The van der Waals surface area contributed by atoms with E-state index in [1.165, 1.54) is 37.7 Å². The molecule has 4 atom stereocenters. The van der Waals surface area contributed by atoms with Crippen molar-refractivity contribution in [2.24, 2.45) is 11.8 Å². The highest BCUT2D eigenvalue weighted by Gasteiger charge is 2.42. The molecule has 0 radical (unpaired) electrons. The van der Waals surface area contributed by atoms with Crippen molar-refractivity contribution in [2.45, 2.75) is 50.1 Å². The number of rotatable bonds is 5. The summed E-state index contributed by atoms with van der Waals surface area (Å²) < 4.78 is 6.06. The van der Waals surface area contributed by atoms with E-state index in [2.05, 4.69) is 17.4 Å². The van der Waals surface area contributed by atoms with Crippen LogP contribution in [0.2, 0.25) is 5.02 Å². The smallest absolute Gasteiger partial charge is 0.0515 e. The summed E-state index contributed by atoms with van der Waals surface area (Å²) in [4.78, 5) is 0. The number of nitrogens with one attached hydrogen (secondary N) is 1. The molecule has 1 N–H and O–H groups in total. The minimum absolute atomic E-state index is 0.615.